The number of benzene rings is 1. The number of hydrogen-bond donors (Lipinski definition) is 1. The van der Waals surface area contributed by atoms with Crippen molar-refractivity contribution in [2.75, 3.05) is 0 Å². The van der Waals surface area contributed by atoms with E-state index >= 15 is 0 Å². The normalized spacial score (nSPS) is 12.5. The fourth-order valence-electron chi connectivity index (χ4n) is 1.88. The summed E-state index contributed by atoms with van der Waals surface area (Å²) in [6.07, 6.45) is 0.620. The summed E-state index contributed by atoms with van der Waals surface area (Å²) in [7, 11) is 0. The summed E-state index contributed by atoms with van der Waals surface area (Å²) in [5.74, 6) is 1.37. The van der Waals surface area contributed by atoms with E-state index in [-0.39, 0.29) is 6.10 Å². The zero-order valence-corrected chi connectivity index (χ0v) is 11.8. The first-order chi connectivity index (χ1) is 7.95. The predicted molar refractivity (Wildman–Crippen MR) is 76.8 cm³/mol. The van der Waals surface area contributed by atoms with Gasteiger partial charge in [-0.1, -0.05) is 39.1 Å². The van der Waals surface area contributed by atoms with Crippen molar-refractivity contribution < 1.29 is 4.74 Å². The first-order valence-electron chi connectivity index (χ1n) is 6.02. The van der Waals surface area contributed by atoms with Crippen molar-refractivity contribution in [3.63, 3.8) is 0 Å². The minimum atomic E-state index is -0.172. The van der Waals surface area contributed by atoms with Gasteiger partial charge in [0.05, 0.1) is 0 Å². The second kappa shape index (κ2) is 6.01. The van der Waals surface area contributed by atoms with E-state index in [1.807, 2.05) is 13.0 Å². The second-order valence-corrected chi connectivity index (χ2v) is 5.06. The third-order valence-corrected chi connectivity index (χ3v) is 3.09. The average molecular weight is 251 g/mol. The van der Waals surface area contributed by atoms with Crippen molar-refractivity contribution in [3.8, 4) is 5.75 Å². The van der Waals surface area contributed by atoms with E-state index in [1.54, 1.807) is 0 Å². The van der Waals surface area contributed by atoms with Crippen LogP contribution in [0.25, 0.3) is 0 Å². The van der Waals surface area contributed by atoms with Crippen LogP contribution in [0.1, 0.15) is 44.2 Å². The lowest BCUT2D eigenvalue weighted by molar-refractivity contribution is 0.264. The molecule has 0 saturated heterocycles. The highest BCUT2D eigenvalue weighted by molar-refractivity contribution is 7.80. The highest BCUT2D eigenvalue weighted by Gasteiger charge is 2.12. The predicted octanol–water partition coefficient (Wildman–Crippen LogP) is 3.56. The van der Waals surface area contributed by atoms with E-state index in [4.69, 9.17) is 22.7 Å². The van der Waals surface area contributed by atoms with Crippen LogP contribution in [0.3, 0.4) is 0 Å². The Bertz CT molecular complexity index is 401. The van der Waals surface area contributed by atoms with Gasteiger partial charge in [-0.15, -0.1) is 0 Å². The lowest BCUT2D eigenvalue weighted by atomic mass is 9.98. The summed E-state index contributed by atoms with van der Waals surface area (Å²) in [6.45, 7) is 8.49. The topological polar surface area (TPSA) is 35.2 Å². The summed E-state index contributed by atoms with van der Waals surface area (Å²) in [5.41, 5.74) is 8.21. The molecule has 0 fully saturated rings. The summed E-state index contributed by atoms with van der Waals surface area (Å²) >= 11 is 4.97. The van der Waals surface area contributed by atoms with Gasteiger partial charge < -0.3 is 10.5 Å². The van der Waals surface area contributed by atoms with Crippen molar-refractivity contribution >= 4 is 17.2 Å². The van der Waals surface area contributed by atoms with Crippen LogP contribution >= 0.6 is 12.2 Å². The first-order valence-corrected chi connectivity index (χ1v) is 6.43. The fraction of sp³-hybridized carbons (Fsp3) is 0.500. The maximum absolute atomic E-state index is 5.77. The van der Waals surface area contributed by atoms with Crippen LogP contribution in [0.15, 0.2) is 18.2 Å². The molecule has 0 saturated carbocycles. The van der Waals surface area contributed by atoms with E-state index in [9.17, 15) is 0 Å². The Balaban J connectivity index is 2.87. The van der Waals surface area contributed by atoms with Gasteiger partial charge in [0.15, 0.2) is 0 Å². The zero-order chi connectivity index (χ0) is 13.0. The maximum Gasteiger partial charge on any atom is 0.148 e. The van der Waals surface area contributed by atoms with Crippen molar-refractivity contribution in [1.82, 2.24) is 0 Å². The monoisotopic (exact) mass is 251 g/mol. The van der Waals surface area contributed by atoms with Gasteiger partial charge >= 0.3 is 0 Å². The van der Waals surface area contributed by atoms with Crippen LogP contribution in [0.4, 0.5) is 0 Å². The van der Waals surface area contributed by atoms with Crippen molar-refractivity contribution in [2.45, 2.75) is 46.1 Å². The molecule has 0 aliphatic carbocycles. The summed E-state index contributed by atoms with van der Waals surface area (Å²) < 4.78 is 5.77. The molecule has 2 N–H and O–H groups in total. The highest BCUT2D eigenvalue weighted by atomic mass is 32.1. The Hall–Kier alpha value is -1.09. The van der Waals surface area contributed by atoms with Crippen LogP contribution in [-0.2, 0) is 0 Å². The van der Waals surface area contributed by atoms with Gasteiger partial charge in [0.1, 0.15) is 16.8 Å². The third kappa shape index (κ3) is 3.70. The Morgan fingerprint density at radius 2 is 2.06 bits per heavy atom. The van der Waals surface area contributed by atoms with Crippen LogP contribution < -0.4 is 10.5 Å². The Kier molecular flexibility index (Phi) is 4.94. The molecule has 0 heterocycles. The molecular weight excluding hydrogens is 230 g/mol. The molecule has 0 bridgehead atoms. The molecule has 1 rings (SSSR count). The molecule has 0 aliphatic rings. The van der Waals surface area contributed by atoms with E-state index in [1.165, 1.54) is 11.1 Å². The van der Waals surface area contributed by atoms with Crippen LogP contribution in [0, 0.1) is 6.92 Å². The van der Waals surface area contributed by atoms with Gasteiger partial charge in [-0.3, -0.25) is 0 Å². The smallest absolute Gasteiger partial charge is 0.148 e. The van der Waals surface area contributed by atoms with Crippen molar-refractivity contribution in [1.29, 1.82) is 0 Å². The van der Waals surface area contributed by atoms with Gasteiger partial charge in [-0.05, 0) is 42.5 Å². The van der Waals surface area contributed by atoms with E-state index in [0.29, 0.717) is 10.9 Å². The summed E-state index contributed by atoms with van der Waals surface area (Å²) in [6, 6.07) is 6.15. The zero-order valence-electron chi connectivity index (χ0n) is 11.0. The van der Waals surface area contributed by atoms with Gasteiger partial charge in [0.25, 0.3) is 0 Å². The molecule has 1 aromatic rings. The molecule has 17 heavy (non-hydrogen) atoms. The number of ether oxygens (including phenoxy) is 1. The van der Waals surface area contributed by atoms with E-state index < -0.39 is 0 Å². The number of nitrogens with two attached hydrogens (primary N) is 1. The second-order valence-electron chi connectivity index (χ2n) is 4.59. The molecule has 3 heteroatoms. The SMILES string of the molecule is CCC(Oc1ccc(C(C)C)c(C)c1)C(N)=S. The molecule has 0 amide bonds. The molecule has 0 radical (unpaired) electrons. The lowest BCUT2D eigenvalue weighted by Gasteiger charge is -2.18. The largest absolute Gasteiger partial charge is 0.483 e. The van der Waals surface area contributed by atoms with E-state index in [0.717, 1.165) is 12.2 Å². The number of rotatable bonds is 5. The number of aryl methyl sites for hydroxylation is 1. The van der Waals surface area contributed by atoms with Crippen LogP contribution in [-0.4, -0.2) is 11.1 Å². The van der Waals surface area contributed by atoms with E-state index in [2.05, 4.69) is 32.9 Å². The Labute approximate surface area is 109 Å². The number of hydrogen-bond acceptors (Lipinski definition) is 2. The minimum Gasteiger partial charge on any atom is -0.483 e. The summed E-state index contributed by atoms with van der Waals surface area (Å²) in [4.78, 5) is 0.415. The minimum absolute atomic E-state index is 0.172. The molecule has 1 unspecified atom stereocenters. The quantitative estimate of drug-likeness (QED) is 0.813. The average Bonchev–Trinajstić information content (AvgIpc) is 2.24. The van der Waals surface area contributed by atoms with Gasteiger partial charge in [0.2, 0.25) is 0 Å². The molecule has 2 nitrogen and oxygen atoms in total. The van der Waals surface area contributed by atoms with Gasteiger partial charge in [-0.2, -0.15) is 0 Å². The Morgan fingerprint density at radius 3 is 2.47 bits per heavy atom. The van der Waals surface area contributed by atoms with Crippen LogP contribution in [0.5, 0.6) is 5.75 Å². The molecule has 1 aromatic carbocycles. The molecular formula is C14H21NOS. The molecule has 0 spiro atoms. The Morgan fingerprint density at radius 1 is 1.41 bits per heavy atom. The molecule has 94 valence electrons. The first kappa shape index (κ1) is 14.0. The van der Waals surface area contributed by atoms with Crippen molar-refractivity contribution in [2.24, 2.45) is 5.73 Å². The lowest BCUT2D eigenvalue weighted by Crippen LogP contribution is -2.31. The van der Waals surface area contributed by atoms with Crippen molar-refractivity contribution in [3.05, 3.63) is 29.3 Å². The molecule has 1 atom stereocenters. The fourth-order valence-corrected chi connectivity index (χ4v) is 2.09. The highest BCUT2D eigenvalue weighted by Crippen LogP contribution is 2.24. The third-order valence-electron chi connectivity index (χ3n) is 2.83. The van der Waals surface area contributed by atoms with Crippen LogP contribution in [0.2, 0.25) is 0 Å². The molecule has 0 aromatic heterocycles. The maximum atomic E-state index is 5.77. The standard InChI is InChI=1S/C14H21NOS/c1-5-13(14(15)17)16-11-6-7-12(9(2)3)10(4)8-11/h6-9,13H,5H2,1-4H3,(H2,15,17). The molecule has 0 aliphatic heterocycles. The van der Waals surface area contributed by atoms with Gasteiger partial charge in [-0.25, -0.2) is 0 Å². The van der Waals surface area contributed by atoms with Gasteiger partial charge in [0, 0.05) is 0 Å². The summed E-state index contributed by atoms with van der Waals surface area (Å²) in [5, 5.41) is 0. The number of thiocarbonyl (C=S) groups is 1.